The maximum Gasteiger partial charge on any atom is 0.261 e. The zero-order valence-corrected chi connectivity index (χ0v) is 21.3. The third kappa shape index (κ3) is 4.53. The third-order valence-electron chi connectivity index (χ3n) is 6.54. The Hall–Kier alpha value is -2.23. The van der Waals surface area contributed by atoms with Crippen molar-refractivity contribution in [3.05, 3.63) is 71.1 Å². The fourth-order valence-electron chi connectivity index (χ4n) is 5.15. The molecule has 2 aromatic carbocycles. The standard InChI is InChI=1S/C25H33N3O5Si/c1-24(2,3)34(17-12-8-6-9-13-17,18-14-10-7-11-15-18)30-16-19-21-22(33-25(4,5)32-21)20(27-28-26)23(29)31-19/h6-15,19-23,29H,16H2,1-5H3/t19-,20-,21+,22-,23?/m1/s1. The molecule has 2 aliphatic heterocycles. The fraction of sp³-hybridized carbons (Fsp3) is 0.520. The third-order valence-corrected chi connectivity index (χ3v) is 11.5. The molecule has 0 aromatic heterocycles. The van der Waals surface area contributed by atoms with Crippen molar-refractivity contribution in [2.24, 2.45) is 5.11 Å². The molecule has 0 radical (unpaired) electrons. The maximum absolute atomic E-state index is 10.6. The summed E-state index contributed by atoms with van der Waals surface area (Å²) in [5.41, 5.74) is 8.98. The van der Waals surface area contributed by atoms with Gasteiger partial charge in [0, 0.05) is 4.91 Å². The predicted molar refractivity (Wildman–Crippen MR) is 131 cm³/mol. The van der Waals surface area contributed by atoms with E-state index in [0.717, 1.165) is 10.4 Å². The minimum atomic E-state index is -2.81. The van der Waals surface area contributed by atoms with E-state index in [2.05, 4.69) is 55.1 Å². The number of fused-ring (bicyclic) bond motifs is 1. The molecule has 2 aliphatic rings. The van der Waals surface area contributed by atoms with Gasteiger partial charge < -0.3 is 23.7 Å². The number of rotatable bonds is 6. The van der Waals surface area contributed by atoms with Gasteiger partial charge in [-0.05, 0) is 34.8 Å². The van der Waals surface area contributed by atoms with E-state index in [-0.39, 0.29) is 11.6 Å². The van der Waals surface area contributed by atoms with Gasteiger partial charge in [0.25, 0.3) is 8.32 Å². The molecule has 2 saturated heterocycles. The van der Waals surface area contributed by atoms with Gasteiger partial charge >= 0.3 is 0 Å². The van der Waals surface area contributed by atoms with Gasteiger partial charge in [-0.3, -0.25) is 0 Å². The van der Waals surface area contributed by atoms with Crippen LogP contribution in [0.1, 0.15) is 34.6 Å². The average molecular weight is 484 g/mol. The molecule has 0 aliphatic carbocycles. The van der Waals surface area contributed by atoms with Crippen molar-refractivity contribution in [3.8, 4) is 0 Å². The van der Waals surface area contributed by atoms with Gasteiger partial charge in [0.2, 0.25) is 0 Å². The number of ether oxygens (including phenoxy) is 3. The highest BCUT2D eigenvalue weighted by atomic mass is 28.4. The average Bonchev–Trinajstić information content (AvgIpc) is 3.12. The van der Waals surface area contributed by atoms with Crippen LogP contribution < -0.4 is 10.4 Å². The van der Waals surface area contributed by atoms with E-state index < -0.39 is 44.7 Å². The van der Waals surface area contributed by atoms with Gasteiger partial charge in [-0.25, -0.2) is 0 Å². The highest BCUT2D eigenvalue weighted by Gasteiger charge is 2.56. The number of hydrogen-bond acceptors (Lipinski definition) is 6. The van der Waals surface area contributed by atoms with Crippen LogP contribution >= 0.6 is 0 Å². The van der Waals surface area contributed by atoms with Gasteiger partial charge in [-0.1, -0.05) is 86.5 Å². The second-order valence-electron chi connectivity index (χ2n) is 10.3. The Morgan fingerprint density at radius 1 is 1.00 bits per heavy atom. The van der Waals surface area contributed by atoms with Crippen LogP contribution in [-0.2, 0) is 18.6 Å². The summed E-state index contributed by atoms with van der Waals surface area (Å²) in [7, 11) is -2.81. The first-order valence-electron chi connectivity index (χ1n) is 11.6. The number of azide groups is 1. The molecule has 2 heterocycles. The Morgan fingerprint density at radius 2 is 1.53 bits per heavy atom. The second-order valence-corrected chi connectivity index (χ2v) is 14.6. The first kappa shape index (κ1) is 24.9. The summed E-state index contributed by atoms with van der Waals surface area (Å²) in [5.74, 6) is -0.901. The van der Waals surface area contributed by atoms with Crippen molar-refractivity contribution >= 4 is 18.7 Å². The summed E-state index contributed by atoms with van der Waals surface area (Å²) in [6.45, 7) is 10.4. The number of aliphatic hydroxyl groups excluding tert-OH is 1. The lowest BCUT2D eigenvalue weighted by Crippen LogP contribution is -2.68. The summed E-state index contributed by atoms with van der Waals surface area (Å²) in [6.07, 6.45) is -3.11. The van der Waals surface area contributed by atoms with E-state index in [0.29, 0.717) is 0 Å². The topological polar surface area (TPSA) is 106 Å². The minimum absolute atomic E-state index is 0.188. The molecular formula is C25H33N3O5Si. The Labute approximate surface area is 201 Å². The second kappa shape index (κ2) is 9.43. The predicted octanol–water partition coefficient (Wildman–Crippen LogP) is 3.48. The minimum Gasteiger partial charge on any atom is -0.405 e. The van der Waals surface area contributed by atoms with Crippen molar-refractivity contribution in [2.75, 3.05) is 6.61 Å². The van der Waals surface area contributed by atoms with Crippen LogP contribution in [0.15, 0.2) is 65.8 Å². The normalized spacial score (nSPS) is 28.7. The van der Waals surface area contributed by atoms with Crippen molar-refractivity contribution in [1.29, 1.82) is 0 Å². The molecule has 1 N–H and O–H groups in total. The summed E-state index contributed by atoms with van der Waals surface area (Å²) in [5, 5.41) is 16.5. The molecule has 4 rings (SSSR count). The maximum atomic E-state index is 10.6. The van der Waals surface area contributed by atoms with E-state index in [1.165, 1.54) is 0 Å². The Kier molecular flexibility index (Phi) is 6.90. The van der Waals surface area contributed by atoms with E-state index >= 15 is 0 Å². The van der Waals surface area contributed by atoms with Crippen LogP contribution in [0.2, 0.25) is 5.04 Å². The zero-order valence-electron chi connectivity index (χ0n) is 20.3. The fourth-order valence-corrected chi connectivity index (χ4v) is 9.72. The summed E-state index contributed by atoms with van der Waals surface area (Å²) in [4.78, 5) is 2.86. The molecule has 2 fully saturated rings. The molecule has 34 heavy (non-hydrogen) atoms. The highest BCUT2D eigenvalue weighted by molar-refractivity contribution is 6.99. The Bertz CT molecular complexity index is 984. The van der Waals surface area contributed by atoms with Gasteiger partial charge in [-0.2, -0.15) is 0 Å². The first-order valence-corrected chi connectivity index (χ1v) is 13.5. The molecule has 182 valence electrons. The van der Waals surface area contributed by atoms with E-state index in [1.807, 2.05) is 36.4 Å². The molecule has 9 heteroatoms. The lowest BCUT2D eigenvalue weighted by atomic mass is 9.98. The highest BCUT2D eigenvalue weighted by Crippen LogP contribution is 2.40. The zero-order chi connectivity index (χ0) is 24.6. The van der Waals surface area contributed by atoms with Crippen LogP contribution in [0.5, 0.6) is 0 Å². The van der Waals surface area contributed by atoms with Crippen LogP contribution in [0.3, 0.4) is 0 Å². The lowest BCUT2D eigenvalue weighted by molar-refractivity contribution is -0.224. The van der Waals surface area contributed by atoms with E-state index in [1.54, 1.807) is 13.8 Å². The first-order chi connectivity index (χ1) is 16.1. The summed E-state index contributed by atoms with van der Waals surface area (Å²) in [6, 6.07) is 19.7. The molecule has 5 atom stereocenters. The molecule has 0 amide bonds. The monoisotopic (exact) mass is 483 g/mol. The number of aliphatic hydroxyl groups is 1. The number of nitrogens with zero attached hydrogens (tertiary/aromatic N) is 3. The summed E-state index contributed by atoms with van der Waals surface area (Å²) >= 11 is 0. The summed E-state index contributed by atoms with van der Waals surface area (Å²) < 4.78 is 25.1. The van der Waals surface area contributed by atoms with Crippen LogP contribution in [0.25, 0.3) is 10.4 Å². The van der Waals surface area contributed by atoms with Crippen molar-refractivity contribution < 1.29 is 23.7 Å². The number of benzene rings is 2. The number of hydrogen-bond donors (Lipinski definition) is 1. The SMILES string of the molecule is CC1(C)O[C@@H]2[C@H](O1)[C@@H](N=[N+]=[N-])C(O)O[C@@H]2CO[Si](c1ccccc1)(c1ccccc1)C(C)(C)C. The van der Waals surface area contributed by atoms with Crippen molar-refractivity contribution in [2.45, 2.75) is 76.1 Å². The van der Waals surface area contributed by atoms with E-state index in [9.17, 15) is 5.11 Å². The van der Waals surface area contributed by atoms with Crippen LogP contribution in [-0.4, -0.2) is 56.5 Å². The Morgan fingerprint density at radius 3 is 2.03 bits per heavy atom. The molecule has 8 nitrogen and oxygen atoms in total. The van der Waals surface area contributed by atoms with Gasteiger partial charge in [0.15, 0.2) is 12.1 Å². The molecule has 2 aromatic rings. The van der Waals surface area contributed by atoms with Gasteiger partial charge in [-0.15, -0.1) is 0 Å². The van der Waals surface area contributed by atoms with E-state index in [4.69, 9.17) is 24.2 Å². The molecule has 0 spiro atoms. The lowest BCUT2D eigenvalue weighted by Gasteiger charge is -2.45. The molecule has 1 unspecified atom stereocenters. The van der Waals surface area contributed by atoms with Gasteiger partial charge in [0.05, 0.1) is 6.61 Å². The molecular weight excluding hydrogens is 450 g/mol. The van der Waals surface area contributed by atoms with Gasteiger partial charge in [0.1, 0.15) is 24.4 Å². The largest absolute Gasteiger partial charge is 0.405 e. The quantitative estimate of drug-likeness (QED) is 0.293. The van der Waals surface area contributed by atoms with Crippen LogP contribution in [0, 0.1) is 0 Å². The van der Waals surface area contributed by atoms with Crippen molar-refractivity contribution in [3.63, 3.8) is 0 Å². The molecule has 0 bridgehead atoms. The smallest absolute Gasteiger partial charge is 0.261 e. The Balaban J connectivity index is 1.71. The van der Waals surface area contributed by atoms with Crippen molar-refractivity contribution in [1.82, 2.24) is 0 Å². The molecule has 0 saturated carbocycles. The van der Waals surface area contributed by atoms with Crippen LogP contribution in [0.4, 0.5) is 0 Å².